The smallest absolute Gasteiger partial charge is 0.330 e. The molecule has 1 aromatic carbocycles. The number of carbonyl (C=O) groups excluding carboxylic acids is 1. The maximum absolute atomic E-state index is 11.9. The predicted octanol–water partition coefficient (Wildman–Crippen LogP) is 4.44. The molecule has 0 spiro atoms. The lowest BCUT2D eigenvalue weighted by molar-refractivity contribution is -0.137. The molecule has 5 nitrogen and oxygen atoms in total. The summed E-state index contributed by atoms with van der Waals surface area (Å²) < 4.78 is 7.18. The first-order valence-corrected chi connectivity index (χ1v) is 9.87. The zero-order valence-electron chi connectivity index (χ0n) is 16.9. The highest BCUT2D eigenvalue weighted by molar-refractivity contribution is 5.94. The molecular formula is C24H23N3O2. The van der Waals surface area contributed by atoms with Crippen LogP contribution in [0.4, 0.5) is 0 Å². The van der Waals surface area contributed by atoms with Gasteiger partial charge < -0.3 is 9.30 Å². The highest BCUT2D eigenvalue weighted by Crippen LogP contribution is 2.37. The number of hydrogen-bond donors (Lipinski definition) is 0. The summed E-state index contributed by atoms with van der Waals surface area (Å²) in [5.41, 5.74) is 6.65. The van der Waals surface area contributed by atoms with Crippen molar-refractivity contribution in [1.29, 1.82) is 5.26 Å². The molecule has 3 aromatic rings. The maximum atomic E-state index is 11.9. The van der Waals surface area contributed by atoms with Crippen LogP contribution in [-0.4, -0.2) is 22.1 Å². The zero-order valence-corrected chi connectivity index (χ0v) is 16.9. The average Bonchev–Trinajstić information content (AvgIpc) is 3.24. The summed E-state index contributed by atoms with van der Waals surface area (Å²) >= 11 is 0. The van der Waals surface area contributed by atoms with Gasteiger partial charge in [0.2, 0.25) is 0 Å². The van der Waals surface area contributed by atoms with Crippen molar-refractivity contribution in [1.82, 2.24) is 9.55 Å². The molecule has 1 aliphatic carbocycles. The van der Waals surface area contributed by atoms with Crippen LogP contribution in [0.1, 0.15) is 46.6 Å². The molecule has 5 heteroatoms. The van der Waals surface area contributed by atoms with E-state index in [1.54, 1.807) is 13.0 Å². The highest BCUT2D eigenvalue weighted by atomic mass is 16.5. The second-order valence-corrected chi connectivity index (χ2v) is 7.44. The number of aryl methyl sites for hydroxylation is 2. The van der Waals surface area contributed by atoms with Crippen molar-refractivity contribution < 1.29 is 9.53 Å². The SMILES string of the molecule is CCOC(=O)/C=C/c1c(C#N)c2c(C)cc(C)nc2n1C1Cc2ccccc2C1. The van der Waals surface area contributed by atoms with Gasteiger partial charge in [0.05, 0.1) is 17.9 Å². The fraction of sp³-hybridized carbons (Fsp3) is 0.292. The number of hydrogen-bond acceptors (Lipinski definition) is 4. The number of esters is 1. The van der Waals surface area contributed by atoms with Crippen molar-refractivity contribution in [3.05, 3.63) is 70.0 Å². The number of benzene rings is 1. The Labute approximate surface area is 170 Å². The first kappa shape index (κ1) is 18.9. The van der Waals surface area contributed by atoms with Crippen LogP contribution in [0.5, 0.6) is 0 Å². The molecule has 0 atom stereocenters. The van der Waals surface area contributed by atoms with E-state index in [4.69, 9.17) is 9.72 Å². The first-order valence-electron chi connectivity index (χ1n) is 9.87. The fourth-order valence-corrected chi connectivity index (χ4v) is 4.36. The first-order chi connectivity index (χ1) is 14.0. The minimum absolute atomic E-state index is 0.146. The van der Waals surface area contributed by atoms with Crippen molar-refractivity contribution in [2.75, 3.05) is 6.61 Å². The lowest BCUT2D eigenvalue weighted by Crippen LogP contribution is -2.12. The summed E-state index contributed by atoms with van der Waals surface area (Å²) in [7, 11) is 0. The Hall–Kier alpha value is -3.39. The molecule has 0 amide bonds. The van der Waals surface area contributed by atoms with Crippen molar-refractivity contribution in [2.24, 2.45) is 0 Å². The number of aromatic nitrogens is 2. The van der Waals surface area contributed by atoms with E-state index >= 15 is 0 Å². The molecule has 4 rings (SSSR count). The third-order valence-electron chi connectivity index (χ3n) is 5.49. The van der Waals surface area contributed by atoms with Crippen LogP contribution in [0.2, 0.25) is 0 Å². The van der Waals surface area contributed by atoms with E-state index in [1.165, 1.54) is 17.2 Å². The quantitative estimate of drug-likeness (QED) is 0.492. The van der Waals surface area contributed by atoms with Crippen LogP contribution in [0, 0.1) is 25.2 Å². The van der Waals surface area contributed by atoms with Gasteiger partial charge in [0.1, 0.15) is 11.7 Å². The van der Waals surface area contributed by atoms with E-state index in [2.05, 4.69) is 34.9 Å². The summed E-state index contributed by atoms with van der Waals surface area (Å²) in [4.78, 5) is 16.7. The predicted molar refractivity (Wildman–Crippen MR) is 112 cm³/mol. The van der Waals surface area contributed by atoms with Crippen molar-refractivity contribution in [3.8, 4) is 6.07 Å². The molecule has 29 heavy (non-hydrogen) atoms. The Balaban J connectivity index is 1.93. The molecule has 0 saturated carbocycles. The van der Waals surface area contributed by atoms with E-state index in [0.717, 1.165) is 40.8 Å². The molecule has 146 valence electrons. The lowest BCUT2D eigenvalue weighted by Gasteiger charge is -2.16. The van der Waals surface area contributed by atoms with Gasteiger partial charge in [-0.3, -0.25) is 0 Å². The Bertz CT molecular complexity index is 1160. The molecule has 0 aliphatic heterocycles. The van der Waals surface area contributed by atoms with Gasteiger partial charge >= 0.3 is 5.97 Å². The van der Waals surface area contributed by atoms with E-state index in [1.807, 2.05) is 19.9 Å². The summed E-state index contributed by atoms with van der Waals surface area (Å²) in [5.74, 6) is -0.413. The normalized spacial score (nSPS) is 13.7. The van der Waals surface area contributed by atoms with Gasteiger partial charge in [-0.15, -0.1) is 0 Å². The van der Waals surface area contributed by atoms with Crippen molar-refractivity contribution in [2.45, 2.75) is 39.7 Å². The number of ether oxygens (including phenoxy) is 1. The molecule has 2 aromatic heterocycles. The van der Waals surface area contributed by atoms with Gasteiger partial charge in [-0.25, -0.2) is 9.78 Å². The summed E-state index contributed by atoms with van der Waals surface area (Å²) in [5, 5.41) is 10.8. The van der Waals surface area contributed by atoms with Gasteiger partial charge in [-0.2, -0.15) is 5.26 Å². The molecule has 2 heterocycles. The molecule has 0 saturated heterocycles. The third kappa shape index (κ3) is 3.31. The van der Waals surface area contributed by atoms with Gasteiger partial charge in [-0.05, 0) is 62.4 Å². The van der Waals surface area contributed by atoms with Gasteiger partial charge in [0.15, 0.2) is 0 Å². The topological polar surface area (TPSA) is 67.9 Å². The van der Waals surface area contributed by atoms with Crippen LogP contribution >= 0.6 is 0 Å². The lowest BCUT2D eigenvalue weighted by atomic mass is 10.1. The van der Waals surface area contributed by atoms with Gasteiger partial charge in [0, 0.05) is 23.2 Å². The van der Waals surface area contributed by atoms with Gasteiger partial charge in [0.25, 0.3) is 0 Å². The molecule has 0 unspecified atom stereocenters. The second kappa shape index (κ2) is 7.56. The Morgan fingerprint density at radius 2 is 2.00 bits per heavy atom. The number of fused-ring (bicyclic) bond motifs is 2. The van der Waals surface area contributed by atoms with Crippen LogP contribution in [-0.2, 0) is 22.4 Å². The number of nitrogens with zero attached hydrogens (tertiary/aromatic N) is 3. The molecule has 0 bridgehead atoms. The number of pyridine rings is 1. The minimum Gasteiger partial charge on any atom is -0.463 e. The molecule has 0 fully saturated rings. The monoisotopic (exact) mass is 385 g/mol. The Morgan fingerprint density at radius 1 is 1.31 bits per heavy atom. The summed E-state index contributed by atoms with van der Waals surface area (Å²) in [6.07, 6.45) is 4.86. The van der Waals surface area contributed by atoms with Crippen LogP contribution in [0.25, 0.3) is 17.1 Å². The van der Waals surface area contributed by atoms with Crippen molar-refractivity contribution in [3.63, 3.8) is 0 Å². The van der Waals surface area contributed by atoms with E-state index in [9.17, 15) is 10.1 Å². The Morgan fingerprint density at radius 3 is 2.62 bits per heavy atom. The van der Waals surface area contributed by atoms with E-state index in [0.29, 0.717) is 12.2 Å². The second-order valence-electron chi connectivity index (χ2n) is 7.44. The van der Waals surface area contributed by atoms with Crippen LogP contribution in [0.3, 0.4) is 0 Å². The number of nitriles is 1. The average molecular weight is 385 g/mol. The summed E-state index contributed by atoms with van der Waals surface area (Å²) in [6.45, 7) is 6.06. The largest absolute Gasteiger partial charge is 0.463 e. The molecular weight excluding hydrogens is 362 g/mol. The molecule has 0 radical (unpaired) electrons. The molecule has 1 aliphatic rings. The minimum atomic E-state index is -0.413. The standard InChI is InChI=1S/C24H23N3O2/c1-4-29-22(28)10-9-21-20(14-25)23-15(2)11-16(3)26-24(23)27(21)19-12-17-7-5-6-8-18(17)13-19/h5-11,19H,4,12-13H2,1-3H3/b10-9+. The zero-order chi connectivity index (χ0) is 20.5. The maximum Gasteiger partial charge on any atom is 0.330 e. The molecule has 0 N–H and O–H groups in total. The number of rotatable bonds is 4. The summed E-state index contributed by atoms with van der Waals surface area (Å²) in [6, 6.07) is 12.9. The van der Waals surface area contributed by atoms with E-state index < -0.39 is 5.97 Å². The van der Waals surface area contributed by atoms with Gasteiger partial charge in [-0.1, -0.05) is 24.3 Å². The Kier molecular flexibility index (Phi) is 4.94. The van der Waals surface area contributed by atoms with Crippen LogP contribution in [0.15, 0.2) is 36.4 Å². The fourth-order valence-electron chi connectivity index (χ4n) is 4.36. The van der Waals surface area contributed by atoms with Crippen molar-refractivity contribution >= 4 is 23.1 Å². The van der Waals surface area contributed by atoms with Crippen LogP contribution < -0.4 is 0 Å². The van der Waals surface area contributed by atoms with E-state index in [-0.39, 0.29) is 6.04 Å². The highest BCUT2D eigenvalue weighted by Gasteiger charge is 2.28. The number of carbonyl (C=O) groups is 1. The third-order valence-corrected chi connectivity index (χ3v) is 5.49.